The van der Waals surface area contributed by atoms with Crippen LogP contribution in [0.3, 0.4) is 0 Å². The number of hydrogen-bond donors (Lipinski definition) is 0. The second-order valence-electron chi connectivity index (χ2n) is 4.95. The van der Waals surface area contributed by atoms with Crippen molar-refractivity contribution in [3.05, 3.63) is 0 Å². The molecule has 2 aliphatic heterocycles. The van der Waals surface area contributed by atoms with Crippen LogP contribution in [0.25, 0.3) is 0 Å². The molecule has 2 saturated heterocycles. The van der Waals surface area contributed by atoms with E-state index in [2.05, 4.69) is 4.90 Å². The molecule has 5 heteroatoms. The van der Waals surface area contributed by atoms with E-state index in [1.165, 1.54) is 0 Å². The van der Waals surface area contributed by atoms with Gasteiger partial charge < -0.3 is 14.4 Å². The molecule has 0 atom stereocenters. The molecule has 0 aromatic heterocycles. The Labute approximate surface area is 109 Å². The smallest absolute Gasteiger partial charge is 0.236 e. The van der Waals surface area contributed by atoms with Crippen molar-refractivity contribution in [3.63, 3.8) is 0 Å². The van der Waals surface area contributed by atoms with E-state index in [1.54, 1.807) is 0 Å². The van der Waals surface area contributed by atoms with E-state index in [-0.39, 0.29) is 11.7 Å². The second kappa shape index (κ2) is 5.99. The quantitative estimate of drug-likeness (QED) is 0.742. The van der Waals surface area contributed by atoms with Gasteiger partial charge in [-0.25, -0.2) is 0 Å². The van der Waals surface area contributed by atoms with Crippen LogP contribution >= 0.6 is 0 Å². The van der Waals surface area contributed by atoms with Crippen LogP contribution in [0, 0.1) is 0 Å². The Morgan fingerprint density at radius 3 is 2.22 bits per heavy atom. The highest BCUT2D eigenvalue weighted by Gasteiger charge is 2.40. The van der Waals surface area contributed by atoms with Gasteiger partial charge in [0.2, 0.25) is 5.91 Å². The van der Waals surface area contributed by atoms with Gasteiger partial charge in [0.1, 0.15) is 0 Å². The average Bonchev–Trinajstić information content (AvgIpc) is 2.83. The van der Waals surface area contributed by atoms with E-state index in [4.69, 9.17) is 9.47 Å². The molecule has 2 fully saturated rings. The van der Waals surface area contributed by atoms with Gasteiger partial charge in [-0.2, -0.15) is 0 Å². The standard InChI is InChI=1S/C13H24N2O3/c1-3-15(4-2)12(16)11-14-7-5-13(6-8-14)17-9-10-18-13/h3-11H2,1-2H3. The number of ether oxygens (including phenoxy) is 2. The zero-order valence-corrected chi connectivity index (χ0v) is 11.5. The van der Waals surface area contributed by atoms with E-state index < -0.39 is 0 Å². The van der Waals surface area contributed by atoms with E-state index in [0.717, 1.165) is 39.0 Å². The first-order valence-corrected chi connectivity index (χ1v) is 6.97. The van der Waals surface area contributed by atoms with Crippen molar-refractivity contribution in [3.8, 4) is 0 Å². The molecular weight excluding hydrogens is 232 g/mol. The Balaban J connectivity index is 1.78. The number of piperidine rings is 1. The summed E-state index contributed by atoms with van der Waals surface area (Å²) < 4.78 is 11.4. The van der Waals surface area contributed by atoms with Gasteiger partial charge in [-0.15, -0.1) is 0 Å². The minimum atomic E-state index is -0.339. The first kappa shape index (κ1) is 13.8. The van der Waals surface area contributed by atoms with Crippen molar-refractivity contribution in [2.24, 2.45) is 0 Å². The lowest BCUT2D eigenvalue weighted by Gasteiger charge is -2.37. The number of amides is 1. The van der Waals surface area contributed by atoms with Crippen LogP contribution in [0.5, 0.6) is 0 Å². The summed E-state index contributed by atoms with van der Waals surface area (Å²) in [6.45, 7) is 9.33. The molecule has 0 aromatic rings. The Morgan fingerprint density at radius 2 is 1.72 bits per heavy atom. The van der Waals surface area contributed by atoms with Crippen LogP contribution in [0.1, 0.15) is 26.7 Å². The van der Waals surface area contributed by atoms with E-state index in [0.29, 0.717) is 19.8 Å². The Bertz CT molecular complexity index is 276. The first-order chi connectivity index (χ1) is 8.69. The van der Waals surface area contributed by atoms with Gasteiger partial charge in [0, 0.05) is 39.0 Å². The Morgan fingerprint density at radius 1 is 1.17 bits per heavy atom. The molecule has 5 nitrogen and oxygen atoms in total. The third kappa shape index (κ3) is 3.02. The topological polar surface area (TPSA) is 42.0 Å². The number of carbonyl (C=O) groups is 1. The summed E-state index contributed by atoms with van der Waals surface area (Å²) in [7, 11) is 0. The highest BCUT2D eigenvalue weighted by Crippen LogP contribution is 2.31. The maximum atomic E-state index is 12.0. The van der Waals surface area contributed by atoms with E-state index >= 15 is 0 Å². The van der Waals surface area contributed by atoms with Crippen molar-refractivity contribution >= 4 is 5.91 Å². The summed E-state index contributed by atoms with van der Waals surface area (Å²) in [6.07, 6.45) is 1.75. The fraction of sp³-hybridized carbons (Fsp3) is 0.923. The van der Waals surface area contributed by atoms with Gasteiger partial charge in [0.15, 0.2) is 5.79 Å². The van der Waals surface area contributed by atoms with Crippen molar-refractivity contribution < 1.29 is 14.3 Å². The minimum Gasteiger partial charge on any atom is -0.347 e. The average molecular weight is 256 g/mol. The molecule has 1 spiro atoms. The highest BCUT2D eigenvalue weighted by molar-refractivity contribution is 5.78. The van der Waals surface area contributed by atoms with E-state index in [9.17, 15) is 4.79 Å². The lowest BCUT2D eigenvalue weighted by atomic mass is 10.0. The summed E-state index contributed by atoms with van der Waals surface area (Å²) >= 11 is 0. The molecule has 0 bridgehead atoms. The zero-order valence-electron chi connectivity index (χ0n) is 11.5. The number of carbonyl (C=O) groups excluding carboxylic acids is 1. The number of hydrogen-bond acceptors (Lipinski definition) is 4. The summed E-state index contributed by atoms with van der Waals surface area (Å²) in [5.41, 5.74) is 0. The van der Waals surface area contributed by atoms with Crippen LogP contribution in [-0.2, 0) is 14.3 Å². The highest BCUT2D eigenvalue weighted by atomic mass is 16.7. The van der Waals surface area contributed by atoms with Gasteiger partial charge in [-0.1, -0.05) is 0 Å². The predicted octanol–water partition coefficient (Wildman–Crippen LogP) is 0.694. The lowest BCUT2D eigenvalue weighted by molar-refractivity contribution is -0.186. The van der Waals surface area contributed by atoms with Crippen LogP contribution in [0.4, 0.5) is 0 Å². The minimum absolute atomic E-state index is 0.226. The fourth-order valence-electron chi connectivity index (χ4n) is 2.71. The van der Waals surface area contributed by atoms with Crippen molar-refractivity contribution in [1.82, 2.24) is 9.80 Å². The maximum absolute atomic E-state index is 12.0. The molecular formula is C13H24N2O3. The van der Waals surface area contributed by atoms with Crippen LogP contribution in [0.15, 0.2) is 0 Å². The van der Waals surface area contributed by atoms with Gasteiger partial charge in [-0.3, -0.25) is 9.69 Å². The summed E-state index contributed by atoms with van der Waals surface area (Å²) in [5.74, 6) is -0.112. The van der Waals surface area contributed by atoms with Gasteiger partial charge in [0.05, 0.1) is 19.8 Å². The Hall–Kier alpha value is -0.650. The third-order valence-electron chi connectivity index (χ3n) is 3.91. The molecule has 0 unspecified atom stereocenters. The molecule has 18 heavy (non-hydrogen) atoms. The van der Waals surface area contributed by atoms with Gasteiger partial charge >= 0.3 is 0 Å². The van der Waals surface area contributed by atoms with Gasteiger partial charge in [0.25, 0.3) is 0 Å². The molecule has 2 rings (SSSR count). The molecule has 0 N–H and O–H groups in total. The van der Waals surface area contributed by atoms with Crippen LogP contribution < -0.4 is 0 Å². The van der Waals surface area contributed by atoms with Crippen LogP contribution in [-0.4, -0.2) is 67.4 Å². The molecule has 0 aliphatic carbocycles. The number of likely N-dealkylation sites (N-methyl/N-ethyl adjacent to an activating group) is 1. The second-order valence-corrected chi connectivity index (χ2v) is 4.95. The number of rotatable bonds is 4. The third-order valence-corrected chi connectivity index (χ3v) is 3.91. The maximum Gasteiger partial charge on any atom is 0.236 e. The largest absolute Gasteiger partial charge is 0.347 e. The molecule has 1 amide bonds. The van der Waals surface area contributed by atoms with Crippen molar-refractivity contribution in [2.45, 2.75) is 32.5 Å². The summed E-state index contributed by atoms with van der Waals surface area (Å²) in [4.78, 5) is 16.1. The Kier molecular flexibility index (Phi) is 4.59. The summed E-state index contributed by atoms with van der Waals surface area (Å²) in [5, 5.41) is 0. The molecule has 104 valence electrons. The predicted molar refractivity (Wildman–Crippen MR) is 68.2 cm³/mol. The molecule has 0 saturated carbocycles. The molecule has 2 aliphatic rings. The number of likely N-dealkylation sites (tertiary alicyclic amines) is 1. The van der Waals surface area contributed by atoms with E-state index in [1.807, 2.05) is 18.7 Å². The van der Waals surface area contributed by atoms with Crippen LogP contribution in [0.2, 0.25) is 0 Å². The number of nitrogens with zero attached hydrogens (tertiary/aromatic N) is 2. The molecule has 0 radical (unpaired) electrons. The molecule has 2 heterocycles. The first-order valence-electron chi connectivity index (χ1n) is 6.97. The zero-order chi connectivity index (χ0) is 13.0. The summed E-state index contributed by atoms with van der Waals surface area (Å²) in [6, 6.07) is 0. The van der Waals surface area contributed by atoms with Gasteiger partial charge in [-0.05, 0) is 13.8 Å². The molecule has 0 aromatic carbocycles. The van der Waals surface area contributed by atoms with Crippen molar-refractivity contribution in [1.29, 1.82) is 0 Å². The normalized spacial score (nSPS) is 23.4. The fourth-order valence-corrected chi connectivity index (χ4v) is 2.71. The SMILES string of the molecule is CCN(CC)C(=O)CN1CCC2(CC1)OCCO2. The monoisotopic (exact) mass is 256 g/mol. The van der Waals surface area contributed by atoms with Crippen molar-refractivity contribution in [2.75, 3.05) is 45.9 Å². The lowest BCUT2D eigenvalue weighted by Crippen LogP contribution is -2.48.